The zero-order valence-corrected chi connectivity index (χ0v) is 9.46. The fraction of sp³-hybridized carbons (Fsp3) is 0.417. The van der Waals surface area contributed by atoms with Gasteiger partial charge in [0.25, 0.3) is 0 Å². The van der Waals surface area contributed by atoms with Crippen molar-refractivity contribution in [2.45, 2.75) is 19.3 Å². The number of nitrogens with one attached hydrogen (secondary N) is 1. The van der Waals surface area contributed by atoms with Gasteiger partial charge in [-0.05, 0) is 31.2 Å². The summed E-state index contributed by atoms with van der Waals surface area (Å²) in [5.41, 5.74) is 1.40. The number of carboxylic acids is 1. The van der Waals surface area contributed by atoms with Crippen molar-refractivity contribution in [2.24, 2.45) is 0 Å². The summed E-state index contributed by atoms with van der Waals surface area (Å²) in [7, 11) is 1.77. The minimum atomic E-state index is -0.845. The van der Waals surface area contributed by atoms with E-state index >= 15 is 0 Å². The first-order chi connectivity index (χ1) is 7.54. The second kappa shape index (κ2) is 5.61. The molecule has 1 unspecified atom stereocenters. The average Bonchev–Trinajstić information content (AvgIpc) is 2.21. The molecule has 0 spiro atoms. The normalized spacial score (nSPS) is 12.4. The quantitative estimate of drug-likeness (QED) is 0.804. The number of halogens is 1. The van der Waals surface area contributed by atoms with E-state index in [9.17, 15) is 9.18 Å². The standard InChI is InChI=1S/C12H16FNO2/c1-8-5-9(3-4-11(8)13)10(7-14-2)6-12(15)16/h3-5,10,14H,6-7H2,1-2H3,(H,15,16). The number of hydrogen-bond donors (Lipinski definition) is 2. The number of carbonyl (C=O) groups is 1. The first-order valence-corrected chi connectivity index (χ1v) is 5.17. The molecule has 0 aliphatic rings. The Balaban J connectivity index is 2.91. The van der Waals surface area contributed by atoms with Gasteiger partial charge < -0.3 is 10.4 Å². The van der Waals surface area contributed by atoms with Crippen molar-refractivity contribution in [2.75, 3.05) is 13.6 Å². The van der Waals surface area contributed by atoms with Crippen LogP contribution in [0.5, 0.6) is 0 Å². The molecule has 0 bridgehead atoms. The molecule has 1 atom stereocenters. The number of aliphatic carboxylic acids is 1. The Morgan fingerprint density at radius 1 is 1.56 bits per heavy atom. The highest BCUT2D eigenvalue weighted by atomic mass is 19.1. The van der Waals surface area contributed by atoms with Crippen molar-refractivity contribution in [3.05, 3.63) is 35.1 Å². The topological polar surface area (TPSA) is 49.3 Å². The summed E-state index contributed by atoms with van der Waals surface area (Å²) < 4.78 is 13.1. The monoisotopic (exact) mass is 225 g/mol. The van der Waals surface area contributed by atoms with Crippen molar-refractivity contribution in [1.82, 2.24) is 5.32 Å². The van der Waals surface area contributed by atoms with Crippen molar-refractivity contribution in [1.29, 1.82) is 0 Å². The molecule has 1 aromatic rings. The van der Waals surface area contributed by atoms with E-state index in [0.29, 0.717) is 12.1 Å². The minimum absolute atomic E-state index is 0.0475. The van der Waals surface area contributed by atoms with Crippen LogP contribution in [0.2, 0.25) is 0 Å². The summed E-state index contributed by atoms with van der Waals surface area (Å²) in [6, 6.07) is 4.74. The number of aryl methyl sites for hydroxylation is 1. The number of hydrogen-bond acceptors (Lipinski definition) is 2. The van der Waals surface area contributed by atoms with Gasteiger partial charge in [0.1, 0.15) is 5.82 Å². The molecule has 3 nitrogen and oxygen atoms in total. The fourth-order valence-corrected chi connectivity index (χ4v) is 1.69. The Hall–Kier alpha value is -1.42. The van der Waals surface area contributed by atoms with Crippen LogP contribution in [0.25, 0.3) is 0 Å². The molecule has 16 heavy (non-hydrogen) atoms. The van der Waals surface area contributed by atoms with Gasteiger partial charge in [-0.2, -0.15) is 0 Å². The van der Waals surface area contributed by atoms with Crippen LogP contribution < -0.4 is 5.32 Å². The number of carboxylic acid groups (broad SMARTS) is 1. The van der Waals surface area contributed by atoms with Gasteiger partial charge in [0.2, 0.25) is 0 Å². The van der Waals surface area contributed by atoms with E-state index in [0.717, 1.165) is 5.56 Å². The third kappa shape index (κ3) is 3.31. The van der Waals surface area contributed by atoms with E-state index in [2.05, 4.69) is 5.32 Å². The number of rotatable bonds is 5. The van der Waals surface area contributed by atoms with Crippen molar-refractivity contribution in [3.63, 3.8) is 0 Å². The van der Waals surface area contributed by atoms with Gasteiger partial charge in [-0.15, -0.1) is 0 Å². The largest absolute Gasteiger partial charge is 0.481 e. The van der Waals surface area contributed by atoms with Gasteiger partial charge >= 0.3 is 5.97 Å². The number of likely N-dealkylation sites (N-methyl/N-ethyl adjacent to an activating group) is 1. The molecule has 0 aliphatic heterocycles. The lowest BCUT2D eigenvalue weighted by atomic mass is 9.94. The zero-order chi connectivity index (χ0) is 12.1. The van der Waals surface area contributed by atoms with Gasteiger partial charge in [-0.3, -0.25) is 4.79 Å². The van der Waals surface area contributed by atoms with Crippen LogP contribution in [0, 0.1) is 12.7 Å². The number of benzene rings is 1. The smallest absolute Gasteiger partial charge is 0.304 e. The molecule has 88 valence electrons. The van der Waals surface area contributed by atoms with Crippen LogP contribution in [0.1, 0.15) is 23.5 Å². The van der Waals surface area contributed by atoms with E-state index in [4.69, 9.17) is 5.11 Å². The Labute approximate surface area is 94.3 Å². The van der Waals surface area contributed by atoms with Crippen LogP contribution >= 0.6 is 0 Å². The Morgan fingerprint density at radius 2 is 2.25 bits per heavy atom. The molecule has 0 aromatic heterocycles. The van der Waals surface area contributed by atoms with E-state index < -0.39 is 5.97 Å². The summed E-state index contributed by atoms with van der Waals surface area (Å²) in [4.78, 5) is 10.7. The van der Waals surface area contributed by atoms with Gasteiger partial charge in [0.15, 0.2) is 0 Å². The summed E-state index contributed by atoms with van der Waals surface area (Å²) in [6.07, 6.45) is 0.0475. The van der Waals surface area contributed by atoms with Crippen LogP contribution in [0.4, 0.5) is 4.39 Å². The van der Waals surface area contributed by atoms with Gasteiger partial charge in [-0.25, -0.2) is 4.39 Å². The highest BCUT2D eigenvalue weighted by Gasteiger charge is 2.15. The van der Waals surface area contributed by atoms with E-state index in [1.807, 2.05) is 0 Å². The minimum Gasteiger partial charge on any atom is -0.481 e. The van der Waals surface area contributed by atoms with Crippen molar-refractivity contribution >= 4 is 5.97 Å². The lowest BCUT2D eigenvalue weighted by molar-refractivity contribution is -0.137. The first-order valence-electron chi connectivity index (χ1n) is 5.17. The molecular weight excluding hydrogens is 209 g/mol. The molecule has 0 amide bonds. The van der Waals surface area contributed by atoms with Gasteiger partial charge in [0.05, 0.1) is 6.42 Å². The van der Waals surface area contributed by atoms with E-state index in [1.54, 1.807) is 26.1 Å². The molecule has 0 saturated heterocycles. The molecule has 0 saturated carbocycles. The average molecular weight is 225 g/mol. The Kier molecular flexibility index (Phi) is 4.43. The van der Waals surface area contributed by atoms with Crippen molar-refractivity contribution < 1.29 is 14.3 Å². The summed E-state index contributed by atoms with van der Waals surface area (Å²) >= 11 is 0. The highest BCUT2D eigenvalue weighted by molar-refractivity contribution is 5.68. The summed E-state index contributed by atoms with van der Waals surface area (Å²) in [5.74, 6) is -1.23. The molecule has 0 aliphatic carbocycles. The molecule has 1 aromatic carbocycles. The van der Waals surface area contributed by atoms with Gasteiger partial charge in [-0.1, -0.05) is 12.1 Å². The van der Waals surface area contributed by atoms with E-state index in [1.165, 1.54) is 6.07 Å². The second-order valence-corrected chi connectivity index (χ2v) is 3.86. The highest BCUT2D eigenvalue weighted by Crippen LogP contribution is 2.21. The maximum atomic E-state index is 13.1. The molecular formula is C12H16FNO2. The van der Waals surface area contributed by atoms with Crippen LogP contribution in [-0.4, -0.2) is 24.7 Å². The third-order valence-corrected chi connectivity index (χ3v) is 2.52. The first kappa shape index (κ1) is 12.6. The third-order valence-electron chi connectivity index (χ3n) is 2.52. The maximum Gasteiger partial charge on any atom is 0.304 e. The predicted octanol–water partition coefficient (Wildman–Crippen LogP) is 1.91. The van der Waals surface area contributed by atoms with Crippen molar-refractivity contribution in [3.8, 4) is 0 Å². The molecule has 4 heteroatoms. The fourth-order valence-electron chi connectivity index (χ4n) is 1.69. The second-order valence-electron chi connectivity index (χ2n) is 3.86. The molecule has 1 rings (SSSR count). The lowest BCUT2D eigenvalue weighted by Gasteiger charge is -2.15. The lowest BCUT2D eigenvalue weighted by Crippen LogP contribution is -2.20. The molecule has 0 heterocycles. The maximum absolute atomic E-state index is 13.1. The van der Waals surface area contributed by atoms with Crippen LogP contribution in [0.15, 0.2) is 18.2 Å². The molecule has 2 N–H and O–H groups in total. The SMILES string of the molecule is CNCC(CC(=O)O)c1ccc(F)c(C)c1. The summed E-state index contributed by atoms with van der Waals surface area (Å²) in [5, 5.41) is 11.7. The Bertz CT molecular complexity index is 379. The van der Waals surface area contributed by atoms with Crippen LogP contribution in [-0.2, 0) is 4.79 Å². The Morgan fingerprint density at radius 3 is 2.75 bits per heavy atom. The van der Waals surface area contributed by atoms with Gasteiger partial charge in [0, 0.05) is 12.5 Å². The molecule has 0 radical (unpaired) electrons. The zero-order valence-electron chi connectivity index (χ0n) is 9.46. The summed E-state index contributed by atoms with van der Waals surface area (Å²) in [6.45, 7) is 2.24. The van der Waals surface area contributed by atoms with Crippen LogP contribution in [0.3, 0.4) is 0 Å². The molecule has 0 fully saturated rings. The van der Waals surface area contributed by atoms with E-state index in [-0.39, 0.29) is 18.2 Å². The predicted molar refractivity (Wildman–Crippen MR) is 60.1 cm³/mol.